The van der Waals surface area contributed by atoms with E-state index in [9.17, 15) is 8.42 Å². The molecular formula is C20H28N4O2S. The van der Waals surface area contributed by atoms with Gasteiger partial charge in [-0.25, -0.2) is 18.1 Å². The average molecular weight is 389 g/mol. The summed E-state index contributed by atoms with van der Waals surface area (Å²) in [6.07, 6.45) is 1.11. The number of hydrogen-bond donors (Lipinski definition) is 3. The molecule has 1 unspecified atom stereocenters. The van der Waals surface area contributed by atoms with Crippen LogP contribution in [0.5, 0.6) is 0 Å². The van der Waals surface area contributed by atoms with Crippen LogP contribution < -0.4 is 15.8 Å². The number of guanidine groups is 1. The maximum atomic E-state index is 11.6. The molecule has 0 aromatic heterocycles. The second-order valence-corrected chi connectivity index (χ2v) is 8.46. The summed E-state index contributed by atoms with van der Waals surface area (Å²) in [5.41, 5.74) is 9.85. The number of hydrogen-bond acceptors (Lipinski definition) is 3. The van der Waals surface area contributed by atoms with E-state index in [-0.39, 0.29) is 5.75 Å². The molecule has 2 aromatic carbocycles. The van der Waals surface area contributed by atoms with Crippen molar-refractivity contribution in [2.24, 2.45) is 10.7 Å². The zero-order valence-electron chi connectivity index (χ0n) is 16.1. The van der Waals surface area contributed by atoms with E-state index in [4.69, 9.17) is 5.73 Å². The SMILES string of the molecule is CCC(C)c1ccc(NC(N)=NCc2ccc(CS(=O)(=O)NC)cc2)cc1. The van der Waals surface area contributed by atoms with E-state index in [0.29, 0.717) is 18.4 Å². The fourth-order valence-corrected chi connectivity index (χ4v) is 3.30. The number of sulfonamides is 1. The number of nitrogens with one attached hydrogen (secondary N) is 2. The molecule has 0 aliphatic rings. The molecule has 6 nitrogen and oxygen atoms in total. The van der Waals surface area contributed by atoms with E-state index in [1.807, 2.05) is 24.3 Å². The van der Waals surface area contributed by atoms with E-state index < -0.39 is 10.0 Å². The molecule has 0 saturated carbocycles. The highest BCUT2D eigenvalue weighted by Gasteiger charge is 2.08. The predicted molar refractivity (Wildman–Crippen MR) is 112 cm³/mol. The van der Waals surface area contributed by atoms with Crippen LogP contribution in [0.2, 0.25) is 0 Å². The van der Waals surface area contributed by atoms with Crippen molar-refractivity contribution in [3.05, 3.63) is 65.2 Å². The maximum absolute atomic E-state index is 11.6. The number of anilines is 1. The van der Waals surface area contributed by atoms with Gasteiger partial charge >= 0.3 is 0 Å². The van der Waals surface area contributed by atoms with Gasteiger partial charge in [0.25, 0.3) is 0 Å². The van der Waals surface area contributed by atoms with Gasteiger partial charge in [0.1, 0.15) is 0 Å². The number of aliphatic imine (C=N–C) groups is 1. The quantitative estimate of drug-likeness (QED) is 0.478. The van der Waals surface area contributed by atoms with E-state index in [1.54, 1.807) is 12.1 Å². The summed E-state index contributed by atoms with van der Waals surface area (Å²) in [6, 6.07) is 15.5. The summed E-state index contributed by atoms with van der Waals surface area (Å²) in [7, 11) is -1.85. The molecule has 0 bridgehead atoms. The molecule has 2 rings (SSSR count). The van der Waals surface area contributed by atoms with E-state index in [2.05, 4.69) is 41.0 Å². The Balaban J connectivity index is 1.93. The van der Waals surface area contributed by atoms with Crippen LogP contribution in [-0.4, -0.2) is 21.4 Å². The summed E-state index contributed by atoms with van der Waals surface area (Å²) < 4.78 is 25.4. The fourth-order valence-electron chi connectivity index (χ4n) is 2.53. The van der Waals surface area contributed by atoms with Gasteiger partial charge in [0.2, 0.25) is 10.0 Å². The van der Waals surface area contributed by atoms with Gasteiger partial charge in [-0.2, -0.15) is 0 Å². The number of rotatable bonds is 8. The van der Waals surface area contributed by atoms with Crippen molar-refractivity contribution in [1.82, 2.24) is 4.72 Å². The second-order valence-electron chi connectivity index (χ2n) is 6.54. The Morgan fingerprint density at radius 3 is 2.22 bits per heavy atom. The molecule has 0 heterocycles. The van der Waals surface area contributed by atoms with E-state index >= 15 is 0 Å². The first-order chi connectivity index (χ1) is 12.8. The van der Waals surface area contributed by atoms with Crippen LogP contribution in [0.25, 0.3) is 0 Å². The molecule has 2 aromatic rings. The Morgan fingerprint density at radius 2 is 1.67 bits per heavy atom. The highest BCUT2D eigenvalue weighted by atomic mass is 32.2. The lowest BCUT2D eigenvalue weighted by molar-refractivity contribution is 0.587. The molecule has 0 saturated heterocycles. The van der Waals surface area contributed by atoms with Gasteiger partial charge in [-0.1, -0.05) is 50.2 Å². The Labute approximate surface area is 162 Å². The monoisotopic (exact) mass is 388 g/mol. The lowest BCUT2D eigenvalue weighted by Gasteiger charge is -2.11. The summed E-state index contributed by atoms with van der Waals surface area (Å²) in [6.45, 7) is 4.80. The lowest BCUT2D eigenvalue weighted by Crippen LogP contribution is -2.22. The van der Waals surface area contributed by atoms with Crippen molar-refractivity contribution >= 4 is 21.7 Å². The van der Waals surface area contributed by atoms with Gasteiger partial charge in [-0.15, -0.1) is 0 Å². The highest BCUT2D eigenvalue weighted by Crippen LogP contribution is 2.20. The molecule has 7 heteroatoms. The smallest absolute Gasteiger partial charge is 0.215 e. The molecular weight excluding hydrogens is 360 g/mol. The van der Waals surface area contributed by atoms with Gasteiger partial charge in [0, 0.05) is 5.69 Å². The minimum absolute atomic E-state index is 0.0383. The zero-order chi connectivity index (χ0) is 19.9. The first-order valence-electron chi connectivity index (χ1n) is 8.99. The first-order valence-corrected chi connectivity index (χ1v) is 10.6. The fraction of sp³-hybridized carbons (Fsp3) is 0.350. The summed E-state index contributed by atoms with van der Waals surface area (Å²) in [4.78, 5) is 4.34. The summed E-state index contributed by atoms with van der Waals surface area (Å²) in [5, 5.41) is 3.09. The standard InChI is InChI=1S/C20H28N4O2S/c1-4-15(2)18-9-11-19(12-10-18)24-20(21)23-13-16-5-7-17(8-6-16)14-27(25,26)22-3/h5-12,15,22H,4,13-14H2,1-3H3,(H3,21,23,24). The molecule has 4 N–H and O–H groups in total. The molecule has 0 radical (unpaired) electrons. The third-order valence-corrected chi connectivity index (χ3v) is 5.82. The number of nitrogens with zero attached hydrogens (tertiary/aromatic N) is 1. The Bertz CT molecular complexity index is 860. The van der Waals surface area contributed by atoms with Crippen LogP contribution in [0.3, 0.4) is 0 Å². The minimum Gasteiger partial charge on any atom is -0.370 e. The molecule has 146 valence electrons. The molecule has 0 aliphatic heterocycles. The van der Waals surface area contributed by atoms with Crippen LogP contribution in [-0.2, 0) is 22.3 Å². The number of benzene rings is 2. The topological polar surface area (TPSA) is 96.6 Å². The molecule has 0 aliphatic carbocycles. The third-order valence-electron chi connectivity index (χ3n) is 4.49. The molecule has 0 fully saturated rings. The van der Waals surface area contributed by atoms with Crippen LogP contribution in [0.15, 0.2) is 53.5 Å². The van der Waals surface area contributed by atoms with Crippen molar-refractivity contribution < 1.29 is 8.42 Å². The van der Waals surface area contributed by atoms with Crippen molar-refractivity contribution in [3.63, 3.8) is 0 Å². The van der Waals surface area contributed by atoms with Crippen molar-refractivity contribution in [1.29, 1.82) is 0 Å². The van der Waals surface area contributed by atoms with Crippen molar-refractivity contribution in [3.8, 4) is 0 Å². The normalized spacial score (nSPS) is 13.4. The van der Waals surface area contributed by atoms with Crippen LogP contribution in [0, 0.1) is 0 Å². The maximum Gasteiger partial charge on any atom is 0.215 e. The van der Waals surface area contributed by atoms with Gasteiger partial charge in [0.05, 0.1) is 12.3 Å². The summed E-state index contributed by atoms with van der Waals surface area (Å²) >= 11 is 0. The van der Waals surface area contributed by atoms with Gasteiger partial charge in [-0.3, -0.25) is 0 Å². The van der Waals surface area contributed by atoms with Crippen LogP contribution >= 0.6 is 0 Å². The van der Waals surface area contributed by atoms with E-state index in [0.717, 1.165) is 23.2 Å². The van der Waals surface area contributed by atoms with Crippen LogP contribution in [0.1, 0.15) is 42.9 Å². The van der Waals surface area contributed by atoms with Gasteiger partial charge < -0.3 is 11.1 Å². The van der Waals surface area contributed by atoms with Gasteiger partial charge in [0.15, 0.2) is 5.96 Å². The number of nitrogens with two attached hydrogens (primary N) is 1. The molecule has 0 spiro atoms. The third kappa shape index (κ3) is 6.69. The Kier molecular flexibility index (Phi) is 7.38. The van der Waals surface area contributed by atoms with Crippen molar-refractivity contribution in [2.75, 3.05) is 12.4 Å². The average Bonchev–Trinajstić information content (AvgIpc) is 2.67. The predicted octanol–water partition coefficient (Wildman–Crippen LogP) is 3.18. The van der Waals surface area contributed by atoms with Crippen LogP contribution in [0.4, 0.5) is 5.69 Å². The molecule has 0 amide bonds. The molecule has 1 atom stereocenters. The summed E-state index contributed by atoms with van der Waals surface area (Å²) in [5.74, 6) is 0.841. The minimum atomic E-state index is -3.26. The van der Waals surface area contributed by atoms with E-state index in [1.165, 1.54) is 12.6 Å². The Morgan fingerprint density at radius 1 is 1.07 bits per heavy atom. The first kappa shape index (κ1) is 20.9. The molecule has 27 heavy (non-hydrogen) atoms. The zero-order valence-corrected chi connectivity index (χ0v) is 16.9. The van der Waals surface area contributed by atoms with Crippen molar-refractivity contribution in [2.45, 2.75) is 38.5 Å². The largest absolute Gasteiger partial charge is 0.370 e. The highest BCUT2D eigenvalue weighted by molar-refractivity contribution is 7.88. The van der Waals surface area contributed by atoms with Gasteiger partial charge in [-0.05, 0) is 48.2 Å². The lowest BCUT2D eigenvalue weighted by atomic mass is 9.99. The Hall–Kier alpha value is -2.38. The second kappa shape index (κ2) is 9.53.